The first-order valence-corrected chi connectivity index (χ1v) is 7.86. The van der Waals surface area contributed by atoms with Crippen LogP contribution in [0.3, 0.4) is 0 Å². The Labute approximate surface area is 139 Å². The average Bonchev–Trinajstić information content (AvgIpc) is 2.94. The van der Waals surface area contributed by atoms with Crippen LogP contribution in [-0.2, 0) is 11.2 Å². The number of aryl methyl sites for hydroxylation is 1. The number of allylic oxidation sites excluding steroid dienone is 1. The molecule has 5 nitrogen and oxygen atoms in total. The van der Waals surface area contributed by atoms with E-state index in [1.165, 1.54) is 5.56 Å². The van der Waals surface area contributed by atoms with Crippen LogP contribution in [0.2, 0.25) is 0 Å². The van der Waals surface area contributed by atoms with Crippen molar-refractivity contribution >= 4 is 28.2 Å². The van der Waals surface area contributed by atoms with Crippen LogP contribution in [-0.4, -0.2) is 15.9 Å². The zero-order valence-electron chi connectivity index (χ0n) is 13.6. The Morgan fingerprint density at radius 3 is 2.50 bits per heavy atom. The molecule has 0 radical (unpaired) electrons. The number of hydrogen-bond acceptors (Lipinski definition) is 2. The summed E-state index contributed by atoms with van der Waals surface area (Å²) in [6.45, 7) is 4.02. The molecule has 1 heterocycles. The van der Waals surface area contributed by atoms with Gasteiger partial charge in [0.05, 0.1) is 11.0 Å². The molecular formula is C19H19N3O2. The van der Waals surface area contributed by atoms with Crippen molar-refractivity contribution in [1.82, 2.24) is 9.97 Å². The van der Waals surface area contributed by atoms with E-state index in [0.717, 1.165) is 17.6 Å². The van der Waals surface area contributed by atoms with Crippen LogP contribution in [0.15, 0.2) is 53.3 Å². The van der Waals surface area contributed by atoms with E-state index in [1.807, 2.05) is 19.1 Å². The molecule has 0 aliphatic heterocycles. The fraction of sp³-hybridized carbons (Fsp3) is 0.158. The van der Waals surface area contributed by atoms with Crippen LogP contribution in [0.25, 0.3) is 16.6 Å². The highest BCUT2D eigenvalue weighted by Crippen LogP contribution is 2.17. The lowest BCUT2D eigenvalue weighted by Gasteiger charge is -2.05. The first kappa shape index (κ1) is 15.8. The van der Waals surface area contributed by atoms with Gasteiger partial charge in [0.1, 0.15) is 0 Å². The van der Waals surface area contributed by atoms with Crippen LogP contribution in [0.5, 0.6) is 0 Å². The van der Waals surface area contributed by atoms with Gasteiger partial charge in [-0.3, -0.25) is 4.79 Å². The number of fused-ring (bicyclic) bond motifs is 1. The molecule has 0 atom stereocenters. The zero-order valence-corrected chi connectivity index (χ0v) is 13.6. The van der Waals surface area contributed by atoms with Crippen molar-refractivity contribution < 1.29 is 4.79 Å². The predicted octanol–water partition coefficient (Wildman–Crippen LogP) is 3.46. The Hall–Kier alpha value is -3.08. The molecule has 24 heavy (non-hydrogen) atoms. The van der Waals surface area contributed by atoms with E-state index < -0.39 is 0 Å². The fourth-order valence-electron chi connectivity index (χ4n) is 2.57. The molecule has 0 aliphatic rings. The Balaban J connectivity index is 1.75. The van der Waals surface area contributed by atoms with Crippen molar-refractivity contribution in [3.8, 4) is 0 Å². The minimum atomic E-state index is -0.264. The lowest BCUT2D eigenvalue weighted by molar-refractivity contribution is -0.111. The van der Waals surface area contributed by atoms with Crippen LogP contribution in [0.1, 0.15) is 25.0 Å². The molecule has 1 amide bonds. The summed E-state index contributed by atoms with van der Waals surface area (Å²) in [6.07, 6.45) is 2.57. The number of aromatic amines is 2. The van der Waals surface area contributed by atoms with Crippen molar-refractivity contribution in [2.24, 2.45) is 0 Å². The van der Waals surface area contributed by atoms with Gasteiger partial charge in [-0.15, -0.1) is 0 Å². The number of H-pyrrole nitrogens is 2. The van der Waals surface area contributed by atoms with Crippen molar-refractivity contribution in [2.45, 2.75) is 20.3 Å². The molecule has 0 aliphatic carbocycles. The first-order chi connectivity index (χ1) is 11.5. The van der Waals surface area contributed by atoms with Crippen LogP contribution >= 0.6 is 0 Å². The van der Waals surface area contributed by atoms with E-state index in [-0.39, 0.29) is 11.6 Å². The molecule has 0 fully saturated rings. The van der Waals surface area contributed by atoms with Crippen molar-refractivity contribution in [3.63, 3.8) is 0 Å². The molecule has 0 unspecified atom stereocenters. The standard InChI is InChI=1S/C19H19N3O2/c1-3-13-4-6-14(7-5-13)12(2)10-18(23)20-15-8-9-16-17(11-15)22-19(24)21-16/h4-11H,3H2,1-2H3,(H,20,23)(H2,21,22,24)/b12-10+. The lowest BCUT2D eigenvalue weighted by Crippen LogP contribution is -2.08. The van der Waals surface area contributed by atoms with Gasteiger partial charge < -0.3 is 15.3 Å². The highest BCUT2D eigenvalue weighted by atomic mass is 16.1. The van der Waals surface area contributed by atoms with Crippen LogP contribution < -0.4 is 11.0 Å². The Bertz CT molecular complexity index is 962. The highest BCUT2D eigenvalue weighted by Gasteiger charge is 2.04. The summed E-state index contributed by atoms with van der Waals surface area (Å²) in [5, 5.41) is 2.82. The van der Waals surface area contributed by atoms with Crippen molar-refractivity contribution in [3.05, 3.63) is 70.2 Å². The van der Waals surface area contributed by atoms with Crippen LogP contribution in [0.4, 0.5) is 5.69 Å². The molecule has 2 aromatic carbocycles. The smallest absolute Gasteiger partial charge is 0.322 e. The van der Waals surface area contributed by atoms with E-state index >= 15 is 0 Å². The Kier molecular flexibility index (Phi) is 4.33. The third-order valence-electron chi connectivity index (χ3n) is 3.95. The van der Waals surface area contributed by atoms with E-state index in [0.29, 0.717) is 16.7 Å². The van der Waals surface area contributed by atoms with Gasteiger partial charge in [-0.05, 0) is 48.2 Å². The second-order valence-electron chi connectivity index (χ2n) is 5.71. The molecule has 0 spiro atoms. The molecular weight excluding hydrogens is 302 g/mol. The number of amides is 1. The monoisotopic (exact) mass is 321 g/mol. The summed E-state index contributed by atoms with van der Waals surface area (Å²) in [6, 6.07) is 13.4. The van der Waals surface area contributed by atoms with Gasteiger partial charge in [-0.25, -0.2) is 4.79 Å². The Morgan fingerprint density at radius 2 is 1.79 bits per heavy atom. The van der Waals surface area contributed by atoms with E-state index in [9.17, 15) is 9.59 Å². The molecule has 122 valence electrons. The zero-order chi connectivity index (χ0) is 17.1. The SMILES string of the molecule is CCc1ccc(/C(C)=C/C(=O)Nc2ccc3[nH]c(=O)[nH]c3c2)cc1. The minimum absolute atomic E-state index is 0.204. The topological polar surface area (TPSA) is 77.8 Å². The summed E-state index contributed by atoms with van der Waals surface area (Å²) in [5.74, 6) is -0.204. The second-order valence-corrected chi connectivity index (χ2v) is 5.71. The largest absolute Gasteiger partial charge is 0.323 e. The van der Waals surface area contributed by atoms with Crippen molar-refractivity contribution in [1.29, 1.82) is 0 Å². The maximum absolute atomic E-state index is 12.2. The summed E-state index contributed by atoms with van der Waals surface area (Å²) in [7, 11) is 0. The number of carbonyl (C=O) groups excluding carboxylic acids is 1. The highest BCUT2D eigenvalue weighted by molar-refractivity contribution is 6.04. The average molecular weight is 321 g/mol. The van der Waals surface area contributed by atoms with Crippen LogP contribution in [0, 0.1) is 0 Å². The van der Waals surface area contributed by atoms with Gasteiger partial charge in [-0.2, -0.15) is 0 Å². The normalized spacial score (nSPS) is 11.7. The molecule has 0 bridgehead atoms. The van der Waals surface area contributed by atoms with Gasteiger partial charge in [0.15, 0.2) is 0 Å². The first-order valence-electron chi connectivity index (χ1n) is 7.86. The van der Waals surface area contributed by atoms with Gasteiger partial charge >= 0.3 is 5.69 Å². The third kappa shape index (κ3) is 3.46. The maximum atomic E-state index is 12.2. The molecule has 3 aromatic rings. The number of carbonyl (C=O) groups is 1. The number of rotatable bonds is 4. The third-order valence-corrected chi connectivity index (χ3v) is 3.95. The lowest BCUT2D eigenvalue weighted by atomic mass is 10.0. The number of aromatic nitrogens is 2. The number of benzene rings is 2. The van der Waals surface area contributed by atoms with E-state index in [2.05, 4.69) is 34.3 Å². The van der Waals surface area contributed by atoms with E-state index in [4.69, 9.17) is 0 Å². The number of anilines is 1. The van der Waals surface area contributed by atoms with Gasteiger partial charge in [0.2, 0.25) is 5.91 Å². The predicted molar refractivity (Wildman–Crippen MR) is 97.0 cm³/mol. The fourth-order valence-corrected chi connectivity index (χ4v) is 2.57. The Morgan fingerprint density at radius 1 is 1.08 bits per heavy atom. The minimum Gasteiger partial charge on any atom is -0.322 e. The molecule has 3 N–H and O–H groups in total. The van der Waals surface area contributed by atoms with Gasteiger partial charge in [0.25, 0.3) is 0 Å². The summed E-state index contributed by atoms with van der Waals surface area (Å²) in [5.41, 5.74) is 4.92. The quantitative estimate of drug-likeness (QED) is 0.644. The van der Waals surface area contributed by atoms with Crippen molar-refractivity contribution in [2.75, 3.05) is 5.32 Å². The summed E-state index contributed by atoms with van der Waals surface area (Å²) >= 11 is 0. The number of hydrogen-bond donors (Lipinski definition) is 3. The summed E-state index contributed by atoms with van der Waals surface area (Å²) in [4.78, 5) is 28.8. The molecule has 1 aromatic heterocycles. The summed E-state index contributed by atoms with van der Waals surface area (Å²) < 4.78 is 0. The maximum Gasteiger partial charge on any atom is 0.323 e. The van der Waals surface area contributed by atoms with E-state index in [1.54, 1.807) is 24.3 Å². The number of nitrogens with one attached hydrogen (secondary N) is 3. The van der Waals surface area contributed by atoms with Gasteiger partial charge in [-0.1, -0.05) is 31.2 Å². The second kappa shape index (κ2) is 6.58. The molecule has 0 saturated heterocycles. The molecule has 5 heteroatoms. The molecule has 3 rings (SSSR count). The number of imidazole rings is 1. The van der Waals surface area contributed by atoms with Gasteiger partial charge in [0, 0.05) is 11.8 Å². The molecule has 0 saturated carbocycles.